The van der Waals surface area contributed by atoms with Gasteiger partial charge in [-0.1, -0.05) is 158 Å². The fourth-order valence-corrected chi connectivity index (χ4v) is 7.38. The van der Waals surface area contributed by atoms with Crippen LogP contribution in [-0.4, -0.2) is 50.2 Å². The second-order valence-corrected chi connectivity index (χ2v) is 14.7. The molecule has 1 aliphatic heterocycles. The number of hydrogen-bond acceptors (Lipinski definition) is 9. The van der Waals surface area contributed by atoms with E-state index in [0.29, 0.717) is 23.3 Å². The zero-order valence-electron chi connectivity index (χ0n) is 33.9. The van der Waals surface area contributed by atoms with Crippen molar-refractivity contribution < 1.29 is 42.4 Å². The maximum Gasteiger partial charge on any atom is 0.229 e. The maximum atomic E-state index is 14.3. The van der Waals surface area contributed by atoms with E-state index >= 15 is 0 Å². The zero-order chi connectivity index (χ0) is 41.6. The van der Waals surface area contributed by atoms with Crippen LogP contribution >= 0.6 is 0 Å². The fourth-order valence-electron chi connectivity index (χ4n) is 7.38. The Morgan fingerprint density at radius 1 is 0.607 bits per heavy atom. The van der Waals surface area contributed by atoms with Crippen molar-refractivity contribution in [3.63, 3.8) is 0 Å². The minimum absolute atomic E-state index is 0.136. The predicted molar refractivity (Wildman–Crippen MR) is 233 cm³/mol. The van der Waals surface area contributed by atoms with E-state index in [1.807, 2.05) is 152 Å². The standard InChI is InChI=1S/C52H48O9/c1-54-48-42-29-30-56-44(42)31-45(47(48)43(53)28-27-37-17-7-2-8-18-37)60-52-51(59-35-41-25-15-6-16-26-41)50(58-34-40-23-13-5-14-24-40)49(57-33-39-21-11-4-12-22-39)46(61-52)36-55-32-38-19-9-3-10-20-38/h2-31,46,49-52H,32-36H2,1H3/b28-27+/t46-,49-,50+,51-,52+/m1/s1. The van der Waals surface area contributed by atoms with Crippen molar-refractivity contribution in [2.24, 2.45) is 0 Å². The quantitative estimate of drug-likeness (QED) is 0.0584. The Kier molecular flexibility index (Phi) is 14.1. The summed E-state index contributed by atoms with van der Waals surface area (Å²) in [7, 11) is 1.52. The van der Waals surface area contributed by atoms with Crippen molar-refractivity contribution in [1.29, 1.82) is 0 Å². The van der Waals surface area contributed by atoms with Gasteiger partial charge in [0.15, 0.2) is 5.78 Å². The van der Waals surface area contributed by atoms with Crippen LogP contribution in [0.1, 0.15) is 38.2 Å². The van der Waals surface area contributed by atoms with Gasteiger partial charge in [0.05, 0.1) is 51.8 Å². The predicted octanol–water partition coefficient (Wildman–Crippen LogP) is 10.4. The number of allylic oxidation sites excluding steroid dienone is 1. The molecule has 0 bridgehead atoms. The van der Waals surface area contributed by atoms with Gasteiger partial charge in [-0.25, -0.2) is 0 Å². The van der Waals surface area contributed by atoms with Crippen molar-refractivity contribution in [2.45, 2.75) is 57.1 Å². The normalized spacial score (nSPS) is 18.9. The second kappa shape index (κ2) is 20.8. The molecule has 0 unspecified atom stereocenters. The molecule has 0 radical (unpaired) electrons. The third-order valence-electron chi connectivity index (χ3n) is 10.4. The summed E-state index contributed by atoms with van der Waals surface area (Å²) in [5, 5.41) is 0.624. The topological polar surface area (TPSA) is 94.8 Å². The Hall–Kier alpha value is -6.33. The first kappa shape index (κ1) is 41.4. The molecule has 0 N–H and O–H groups in total. The number of fused-ring (bicyclic) bond motifs is 1. The van der Waals surface area contributed by atoms with E-state index in [1.165, 1.54) is 13.2 Å². The smallest absolute Gasteiger partial charge is 0.229 e. The molecule has 8 rings (SSSR count). The molecule has 2 heterocycles. The number of carbonyl (C=O) groups is 1. The molecule has 0 aliphatic carbocycles. The van der Waals surface area contributed by atoms with E-state index in [9.17, 15) is 4.79 Å². The summed E-state index contributed by atoms with van der Waals surface area (Å²) < 4.78 is 52.7. The highest BCUT2D eigenvalue weighted by molar-refractivity contribution is 6.13. The summed E-state index contributed by atoms with van der Waals surface area (Å²) in [6.45, 7) is 1.24. The summed E-state index contributed by atoms with van der Waals surface area (Å²) in [6.07, 6.45) is 0.675. The van der Waals surface area contributed by atoms with Gasteiger partial charge in [-0.15, -0.1) is 0 Å². The highest BCUT2D eigenvalue weighted by Crippen LogP contribution is 2.41. The highest BCUT2D eigenvalue weighted by Gasteiger charge is 2.50. The monoisotopic (exact) mass is 816 g/mol. The first-order valence-electron chi connectivity index (χ1n) is 20.4. The molecule has 1 saturated heterocycles. The third kappa shape index (κ3) is 10.7. The Bertz CT molecular complexity index is 2440. The van der Waals surface area contributed by atoms with Gasteiger partial charge in [0.1, 0.15) is 47.1 Å². The fraction of sp³-hybridized carbons (Fsp3) is 0.212. The van der Waals surface area contributed by atoms with Gasteiger partial charge in [0, 0.05) is 6.07 Å². The number of ether oxygens (including phenoxy) is 7. The number of furan rings is 1. The van der Waals surface area contributed by atoms with Crippen LogP contribution in [0.15, 0.2) is 181 Å². The summed E-state index contributed by atoms with van der Waals surface area (Å²) in [5.74, 6) is 0.167. The summed E-state index contributed by atoms with van der Waals surface area (Å²) in [5.41, 5.74) is 5.45. The van der Waals surface area contributed by atoms with Gasteiger partial charge >= 0.3 is 0 Å². The van der Waals surface area contributed by atoms with Crippen molar-refractivity contribution >= 4 is 22.8 Å². The zero-order valence-corrected chi connectivity index (χ0v) is 33.9. The first-order chi connectivity index (χ1) is 30.1. The van der Waals surface area contributed by atoms with Crippen LogP contribution in [0.3, 0.4) is 0 Å². The second-order valence-electron chi connectivity index (χ2n) is 14.7. The molecule has 0 saturated carbocycles. The molecule has 9 heteroatoms. The Morgan fingerprint density at radius 3 is 1.67 bits per heavy atom. The average molecular weight is 817 g/mol. The molecule has 0 spiro atoms. The van der Waals surface area contributed by atoms with Crippen molar-refractivity contribution in [3.05, 3.63) is 210 Å². The minimum Gasteiger partial charge on any atom is -0.495 e. The number of rotatable bonds is 19. The molecule has 61 heavy (non-hydrogen) atoms. The summed E-state index contributed by atoms with van der Waals surface area (Å²) >= 11 is 0. The van der Waals surface area contributed by atoms with Crippen molar-refractivity contribution in [1.82, 2.24) is 0 Å². The van der Waals surface area contributed by atoms with E-state index in [4.69, 9.17) is 37.6 Å². The van der Waals surface area contributed by atoms with Crippen molar-refractivity contribution in [2.75, 3.05) is 13.7 Å². The largest absolute Gasteiger partial charge is 0.495 e. The van der Waals surface area contributed by atoms with Crippen LogP contribution < -0.4 is 9.47 Å². The van der Waals surface area contributed by atoms with Gasteiger partial charge in [-0.2, -0.15) is 0 Å². The van der Waals surface area contributed by atoms with Gasteiger partial charge in [0.2, 0.25) is 6.29 Å². The number of benzene rings is 6. The first-order valence-corrected chi connectivity index (χ1v) is 20.4. The molecule has 1 aliphatic rings. The molecule has 5 atom stereocenters. The lowest BCUT2D eigenvalue weighted by Gasteiger charge is -2.45. The van der Waals surface area contributed by atoms with Crippen LogP contribution in [0.25, 0.3) is 17.0 Å². The van der Waals surface area contributed by atoms with E-state index < -0.39 is 30.7 Å². The number of ketones is 1. The third-order valence-corrected chi connectivity index (χ3v) is 10.4. The molecule has 1 aromatic heterocycles. The van der Waals surface area contributed by atoms with Crippen LogP contribution in [0.2, 0.25) is 0 Å². The molecule has 6 aromatic carbocycles. The molecular weight excluding hydrogens is 769 g/mol. The van der Waals surface area contributed by atoms with E-state index in [0.717, 1.165) is 27.8 Å². The van der Waals surface area contributed by atoms with Gasteiger partial charge in [-0.05, 0) is 40.0 Å². The molecule has 0 amide bonds. The van der Waals surface area contributed by atoms with Crippen LogP contribution in [0.5, 0.6) is 11.5 Å². The summed E-state index contributed by atoms with van der Waals surface area (Å²) in [4.78, 5) is 14.3. The number of hydrogen-bond donors (Lipinski definition) is 0. The van der Waals surface area contributed by atoms with Gasteiger partial charge < -0.3 is 37.6 Å². The molecule has 310 valence electrons. The molecule has 9 nitrogen and oxygen atoms in total. The molecular formula is C52H48O9. The average Bonchev–Trinajstić information content (AvgIpc) is 3.79. The van der Waals surface area contributed by atoms with Crippen molar-refractivity contribution in [3.8, 4) is 11.5 Å². The van der Waals surface area contributed by atoms with E-state index in [-0.39, 0.29) is 43.5 Å². The van der Waals surface area contributed by atoms with Gasteiger partial charge in [0.25, 0.3) is 0 Å². The summed E-state index contributed by atoms with van der Waals surface area (Å²) in [6, 6.07) is 52.8. The number of methoxy groups -OCH3 is 1. The van der Waals surface area contributed by atoms with E-state index in [1.54, 1.807) is 24.5 Å². The molecule has 1 fully saturated rings. The van der Waals surface area contributed by atoms with Crippen LogP contribution in [0.4, 0.5) is 0 Å². The Morgan fingerprint density at radius 2 is 1.11 bits per heavy atom. The Labute approximate surface area is 356 Å². The van der Waals surface area contributed by atoms with E-state index in [2.05, 4.69) is 0 Å². The SMILES string of the molecule is COc1c(C(=O)/C=C/c2ccccc2)c(O[C@H]2O[C@H](COCc3ccccc3)[C@@H](OCc3ccccc3)[C@H](OCc3ccccc3)[C@H]2OCc2ccccc2)cc2occc12. The Balaban J connectivity index is 1.20. The lowest BCUT2D eigenvalue weighted by molar-refractivity contribution is -0.310. The van der Waals surface area contributed by atoms with Crippen LogP contribution in [0, 0.1) is 0 Å². The van der Waals surface area contributed by atoms with Crippen LogP contribution in [-0.2, 0) is 50.1 Å². The lowest BCUT2D eigenvalue weighted by atomic mass is 9.97. The maximum absolute atomic E-state index is 14.3. The molecule has 7 aromatic rings. The minimum atomic E-state index is -1.13. The highest BCUT2D eigenvalue weighted by atomic mass is 16.7. The van der Waals surface area contributed by atoms with Gasteiger partial charge in [-0.3, -0.25) is 4.79 Å². The number of carbonyl (C=O) groups excluding carboxylic acids is 1. The lowest BCUT2D eigenvalue weighted by Crippen LogP contribution is -2.62.